The maximum absolute atomic E-state index is 13.0. The molecule has 3 nitrogen and oxygen atoms in total. The molecule has 0 aliphatic heterocycles. The van der Waals surface area contributed by atoms with E-state index in [2.05, 4.69) is 5.32 Å². The average molecular weight is 268 g/mol. The summed E-state index contributed by atoms with van der Waals surface area (Å²) in [7, 11) is 0. The zero-order valence-electron chi connectivity index (χ0n) is 10.7. The van der Waals surface area contributed by atoms with Gasteiger partial charge in [-0.1, -0.05) is 12.5 Å². The standard InChI is InChI=1S/C14H18F2N2O/c15-12-5-4-9(6-13(12)16)8-18-14(19)10-2-1-3-11(17)7-10/h4-6,10-11H,1-3,7-8,17H2,(H,18,19). The van der Waals surface area contributed by atoms with Crippen LogP contribution in [0.15, 0.2) is 18.2 Å². The van der Waals surface area contributed by atoms with E-state index in [9.17, 15) is 13.6 Å². The molecule has 1 fully saturated rings. The van der Waals surface area contributed by atoms with Gasteiger partial charge in [0.05, 0.1) is 0 Å². The third-order valence-corrected chi connectivity index (χ3v) is 3.54. The Bertz CT molecular complexity index is 465. The minimum absolute atomic E-state index is 0.0557. The minimum atomic E-state index is -0.897. The zero-order valence-corrected chi connectivity index (χ0v) is 10.7. The van der Waals surface area contributed by atoms with Gasteiger partial charge < -0.3 is 11.1 Å². The van der Waals surface area contributed by atoms with Gasteiger partial charge in [-0.15, -0.1) is 0 Å². The SMILES string of the molecule is NC1CCCC(C(=O)NCc2ccc(F)c(F)c2)C1. The molecule has 2 unspecified atom stereocenters. The second kappa shape index (κ2) is 6.10. The lowest BCUT2D eigenvalue weighted by Gasteiger charge is -2.25. The van der Waals surface area contributed by atoms with Gasteiger partial charge in [0.15, 0.2) is 11.6 Å². The molecule has 1 aliphatic carbocycles. The number of carbonyl (C=O) groups excluding carboxylic acids is 1. The van der Waals surface area contributed by atoms with Gasteiger partial charge in [-0.25, -0.2) is 8.78 Å². The molecule has 0 aromatic heterocycles. The molecule has 1 aromatic rings. The summed E-state index contributed by atoms with van der Waals surface area (Å²) in [4.78, 5) is 11.9. The van der Waals surface area contributed by atoms with Crippen LogP contribution < -0.4 is 11.1 Å². The third kappa shape index (κ3) is 3.73. The Morgan fingerprint density at radius 2 is 2.11 bits per heavy atom. The van der Waals surface area contributed by atoms with E-state index < -0.39 is 11.6 Å². The number of halogens is 2. The summed E-state index contributed by atoms with van der Waals surface area (Å²) in [6.45, 7) is 0.210. The van der Waals surface area contributed by atoms with Gasteiger partial charge in [-0.2, -0.15) is 0 Å². The molecule has 0 bridgehead atoms. The van der Waals surface area contributed by atoms with Gasteiger partial charge in [0, 0.05) is 18.5 Å². The van der Waals surface area contributed by atoms with Crippen molar-refractivity contribution < 1.29 is 13.6 Å². The van der Waals surface area contributed by atoms with Crippen LogP contribution in [0, 0.1) is 17.6 Å². The molecule has 1 amide bonds. The molecule has 1 saturated carbocycles. The normalized spacial score (nSPS) is 23.1. The van der Waals surface area contributed by atoms with E-state index in [-0.39, 0.29) is 24.4 Å². The Morgan fingerprint density at radius 1 is 1.32 bits per heavy atom. The highest BCUT2D eigenvalue weighted by atomic mass is 19.2. The first-order chi connectivity index (χ1) is 9.06. The molecule has 3 N–H and O–H groups in total. The molecular weight excluding hydrogens is 250 g/mol. The second-order valence-electron chi connectivity index (χ2n) is 5.09. The fraction of sp³-hybridized carbons (Fsp3) is 0.500. The van der Waals surface area contributed by atoms with Crippen LogP contribution in [0.2, 0.25) is 0 Å². The summed E-state index contributed by atoms with van der Waals surface area (Å²) in [6.07, 6.45) is 3.47. The number of benzene rings is 1. The molecule has 0 radical (unpaired) electrons. The van der Waals surface area contributed by atoms with Crippen molar-refractivity contribution >= 4 is 5.91 Å². The minimum Gasteiger partial charge on any atom is -0.352 e. The summed E-state index contributed by atoms with van der Waals surface area (Å²) >= 11 is 0. The maximum atomic E-state index is 13.0. The first kappa shape index (κ1) is 13.9. The van der Waals surface area contributed by atoms with E-state index in [4.69, 9.17) is 5.73 Å². The van der Waals surface area contributed by atoms with Crippen LogP contribution in [0.1, 0.15) is 31.2 Å². The number of hydrogen-bond acceptors (Lipinski definition) is 2. The highest BCUT2D eigenvalue weighted by Gasteiger charge is 2.24. The lowest BCUT2D eigenvalue weighted by molar-refractivity contribution is -0.126. The predicted molar refractivity (Wildman–Crippen MR) is 68.1 cm³/mol. The van der Waals surface area contributed by atoms with Crippen molar-refractivity contribution in [1.82, 2.24) is 5.32 Å². The largest absolute Gasteiger partial charge is 0.352 e. The quantitative estimate of drug-likeness (QED) is 0.882. The fourth-order valence-electron chi connectivity index (χ4n) is 2.45. The van der Waals surface area contributed by atoms with Crippen LogP contribution in [0.4, 0.5) is 8.78 Å². The molecule has 2 rings (SSSR count). The van der Waals surface area contributed by atoms with E-state index >= 15 is 0 Å². The predicted octanol–water partition coefficient (Wildman–Crippen LogP) is 2.10. The summed E-state index contributed by atoms with van der Waals surface area (Å²) in [5.41, 5.74) is 6.38. The molecule has 19 heavy (non-hydrogen) atoms. The average Bonchev–Trinajstić information content (AvgIpc) is 2.40. The molecule has 2 atom stereocenters. The number of nitrogens with two attached hydrogens (primary N) is 1. The Hall–Kier alpha value is -1.49. The van der Waals surface area contributed by atoms with Crippen molar-refractivity contribution in [2.24, 2.45) is 11.7 Å². The van der Waals surface area contributed by atoms with Gasteiger partial charge in [0.1, 0.15) is 0 Å². The number of nitrogens with one attached hydrogen (secondary N) is 1. The monoisotopic (exact) mass is 268 g/mol. The van der Waals surface area contributed by atoms with Crippen molar-refractivity contribution in [1.29, 1.82) is 0 Å². The molecule has 104 valence electrons. The lowest BCUT2D eigenvalue weighted by Crippen LogP contribution is -2.37. The molecule has 5 heteroatoms. The fourth-order valence-corrected chi connectivity index (χ4v) is 2.45. The van der Waals surface area contributed by atoms with Gasteiger partial charge in [-0.05, 0) is 37.0 Å². The Balaban J connectivity index is 1.87. The van der Waals surface area contributed by atoms with Crippen LogP contribution in [0.25, 0.3) is 0 Å². The zero-order chi connectivity index (χ0) is 13.8. The summed E-state index contributed by atoms with van der Waals surface area (Å²) < 4.78 is 25.8. The highest BCUT2D eigenvalue weighted by Crippen LogP contribution is 2.23. The Labute approximate surface area is 111 Å². The van der Waals surface area contributed by atoms with Gasteiger partial charge in [-0.3, -0.25) is 4.79 Å². The number of rotatable bonds is 3. The van der Waals surface area contributed by atoms with E-state index in [0.29, 0.717) is 12.0 Å². The number of hydrogen-bond donors (Lipinski definition) is 2. The molecule has 1 aromatic carbocycles. The van der Waals surface area contributed by atoms with Gasteiger partial charge in [0.25, 0.3) is 0 Å². The molecule has 0 heterocycles. The number of amides is 1. The summed E-state index contributed by atoms with van der Waals surface area (Å²) in [5, 5.41) is 2.75. The van der Waals surface area contributed by atoms with Crippen molar-refractivity contribution in [3.63, 3.8) is 0 Å². The summed E-state index contributed by atoms with van der Waals surface area (Å²) in [6, 6.07) is 3.72. The maximum Gasteiger partial charge on any atom is 0.223 e. The summed E-state index contributed by atoms with van der Waals surface area (Å²) in [5.74, 6) is -1.89. The van der Waals surface area contributed by atoms with Crippen LogP contribution in [0.3, 0.4) is 0 Å². The van der Waals surface area contributed by atoms with Crippen LogP contribution in [-0.4, -0.2) is 11.9 Å². The van der Waals surface area contributed by atoms with Crippen LogP contribution in [0.5, 0.6) is 0 Å². The van der Waals surface area contributed by atoms with Crippen LogP contribution >= 0.6 is 0 Å². The van der Waals surface area contributed by atoms with E-state index in [1.54, 1.807) is 0 Å². The van der Waals surface area contributed by atoms with E-state index in [0.717, 1.165) is 31.4 Å². The second-order valence-corrected chi connectivity index (χ2v) is 5.09. The topological polar surface area (TPSA) is 55.1 Å². The van der Waals surface area contributed by atoms with Crippen molar-refractivity contribution in [3.8, 4) is 0 Å². The lowest BCUT2D eigenvalue weighted by atomic mass is 9.85. The van der Waals surface area contributed by atoms with Crippen molar-refractivity contribution in [2.75, 3.05) is 0 Å². The first-order valence-corrected chi connectivity index (χ1v) is 6.53. The molecule has 0 spiro atoms. The van der Waals surface area contributed by atoms with E-state index in [1.165, 1.54) is 6.07 Å². The van der Waals surface area contributed by atoms with Crippen molar-refractivity contribution in [3.05, 3.63) is 35.4 Å². The van der Waals surface area contributed by atoms with Crippen molar-refractivity contribution in [2.45, 2.75) is 38.3 Å². The Kier molecular flexibility index (Phi) is 4.47. The first-order valence-electron chi connectivity index (χ1n) is 6.53. The van der Waals surface area contributed by atoms with E-state index in [1.807, 2.05) is 0 Å². The smallest absolute Gasteiger partial charge is 0.223 e. The highest BCUT2D eigenvalue weighted by molar-refractivity contribution is 5.78. The number of carbonyl (C=O) groups is 1. The Morgan fingerprint density at radius 3 is 2.79 bits per heavy atom. The molecular formula is C14H18F2N2O. The molecule has 0 saturated heterocycles. The molecule has 1 aliphatic rings. The van der Waals surface area contributed by atoms with Gasteiger partial charge >= 0.3 is 0 Å². The third-order valence-electron chi connectivity index (χ3n) is 3.54. The van der Waals surface area contributed by atoms with Crippen LogP contribution in [-0.2, 0) is 11.3 Å². The van der Waals surface area contributed by atoms with Gasteiger partial charge in [0.2, 0.25) is 5.91 Å².